The van der Waals surface area contributed by atoms with Gasteiger partial charge in [-0.05, 0) is 38.5 Å². The maximum Gasteiger partial charge on any atom is 0.248 e. The van der Waals surface area contributed by atoms with Crippen molar-refractivity contribution in [2.24, 2.45) is 0 Å². The minimum Gasteiger partial charge on any atom is -0.341 e. The Morgan fingerprint density at radius 2 is 1.18 bits per heavy atom. The Morgan fingerprint density at radius 3 is 1.68 bits per heavy atom. The molecule has 10 heteroatoms. The van der Waals surface area contributed by atoms with E-state index in [0.29, 0.717) is 11.9 Å². The topological polar surface area (TPSA) is 82.1 Å². The molecular weight excluding hydrogens is 366 g/mol. The lowest BCUT2D eigenvalue weighted by Gasteiger charge is -2.30. The van der Waals surface area contributed by atoms with E-state index in [1.807, 2.05) is 0 Å². The van der Waals surface area contributed by atoms with Gasteiger partial charge in [0.15, 0.2) is 11.6 Å². The fourth-order valence-electron chi connectivity index (χ4n) is 3.53. The van der Waals surface area contributed by atoms with E-state index in [2.05, 4.69) is 40.6 Å². The van der Waals surface area contributed by atoms with Crippen molar-refractivity contribution >= 4 is 23.5 Å². The number of halogens is 2. The number of pyridine rings is 1. The third-order valence-electron chi connectivity index (χ3n) is 5.04. The Morgan fingerprint density at radius 1 is 0.679 bits per heavy atom. The second-order valence-corrected chi connectivity index (χ2v) is 7.08. The van der Waals surface area contributed by atoms with Crippen molar-refractivity contribution < 1.29 is 8.78 Å². The molecule has 4 heterocycles. The molecule has 0 aliphatic carbocycles. The summed E-state index contributed by atoms with van der Waals surface area (Å²) < 4.78 is 27.6. The van der Waals surface area contributed by atoms with Crippen LogP contribution in [0.1, 0.15) is 38.5 Å². The number of hydrogen-bond acceptors (Lipinski definition) is 8. The first-order chi connectivity index (χ1) is 13.7. The second-order valence-electron chi connectivity index (χ2n) is 7.08. The first-order valence-corrected chi connectivity index (χ1v) is 9.78. The summed E-state index contributed by atoms with van der Waals surface area (Å²) in [4.78, 5) is 21.4. The Hall–Kier alpha value is -2.78. The van der Waals surface area contributed by atoms with Gasteiger partial charge in [0.2, 0.25) is 17.8 Å². The molecule has 2 aromatic rings. The number of piperidine rings is 2. The zero-order chi connectivity index (χ0) is 19.3. The van der Waals surface area contributed by atoms with Gasteiger partial charge in [-0.1, -0.05) is 0 Å². The zero-order valence-electron chi connectivity index (χ0n) is 15.7. The van der Waals surface area contributed by atoms with Gasteiger partial charge in [-0.3, -0.25) is 15.8 Å². The monoisotopic (exact) mass is 390 g/mol. The van der Waals surface area contributed by atoms with Gasteiger partial charge in [0.05, 0.1) is 12.4 Å². The molecule has 2 N–H and O–H groups in total. The molecule has 8 nitrogen and oxygen atoms in total. The van der Waals surface area contributed by atoms with E-state index < -0.39 is 11.6 Å². The molecule has 0 atom stereocenters. The van der Waals surface area contributed by atoms with Crippen LogP contribution in [-0.4, -0.2) is 46.1 Å². The van der Waals surface area contributed by atoms with Crippen molar-refractivity contribution in [3.8, 4) is 0 Å². The van der Waals surface area contributed by atoms with E-state index in [1.165, 1.54) is 12.8 Å². The highest BCUT2D eigenvalue weighted by molar-refractivity contribution is 5.51. The second kappa shape index (κ2) is 8.49. The molecule has 0 unspecified atom stereocenters. The summed E-state index contributed by atoms with van der Waals surface area (Å²) in [5.74, 6) is -0.180. The standard InChI is InChI=1S/C18H24F2N8/c19-13-11-21-12-14(20)15(13)25-26-16-22-17(27-7-3-1-4-8-27)24-18(23-16)28-9-5-2-6-10-28/h11-12H,1-10H2,(H,21,25)(H,22,23,24,26). The normalized spacial score (nSPS) is 17.5. The van der Waals surface area contributed by atoms with Gasteiger partial charge in [0.1, 0.15) is 5.69 Å². The summed E-state index contributed by atoms with van der Waals surface area (Å²) in [6.45, 7) is 3.57. The number of hydrazine groups is 1. The van der Waals surface area contributed by atoms with Crippen molar-refractivity contribution in [2.75, 3.05) is 46.8 Å². The molecule has 4 rings (SSSR count). The zero-order valence-corrected chi connectivity index (χ0v) is 15.7. The van der Waals surface area contributed by atoms with Gasteiger partial charge >= 0.3 is 0 Å². The molecular formula is C18H24F2N8. The molecule has 150 valence electrons. The molecule has 0 bridgehead atoms. The highest BCUT2D eigenvalue weighted by Crippen LogP contribution is 2.23. The average molecular weight is 390 g/mol. The van der Waals surface area contributed by atoms with Crippen molar-refractivity contribution in [3.05, 3.63) is 24.0 Å². The van der Waals surface area contributed by atoms with Gasteiger partial charge in [-0.2, -0.15) is 15.0 Å². The van der Waals surface area contributed by atoms with Gasteiger partial charge in [-0.25, -0.2) is 8.78 Å². The summed E-state index contributed by atoms with van der Waals surface area (Å²) in [7, 11) is 0. The molecule has 0 saturated carbocycles. The van der Waals surface area contributed by atoms with Crippen molar-refractivity contribution in [1.82, 2.24) is 19.9 Å². The van der Waals surface area contributed by atoms with Gasteiger partial charge < -0.3 is 9.80 Å². The van der Waals surface area contributed by atoms with Gasteiger partial charge in [-0.15, -0.1) is 0 Å². The summed E-state index contributed by atoms with van der Waals surface area (Å²) in [6.07, 6.45) is 8.68. The number of aromatic nitrogens is 4. The lowest BCUT2D eigenvalue weighted by atomic mass is 10.1. The smallest absolute Gasteiger partial charge is 0.248 e. The maximum atomic E-state index is 13.8. The lowest BCUT2D eigenvalue weighted by molar-refractivity contribution is 0.556. The lowest BCUT2D eigenvalue weighted by Crippen LogP contribution is -2.34. The van der Waals surface area contributed by atoms with Crippen LogP contribution in [0.2, 0.25) is 0 Å². The predicted molar refractivity (Wildman–Crippen MR) is 103 cm³/mol. The van der Waals surface area contributed by atoms with Crippen LogP contribution in [0.25, 0.3) is 0 Å². The van der Waals surface area contributed by atoms with E-state index in [-0.39, 0.29) is 11.6 Å². The molecule has 2 fully saturated rings. The minimum absolute atomic E-state index is 0.228. The van der Waals surface area contributed by atoms with Crippen LogP contribution in [0.15, 0.2) is 12.4 Å². The van der Waals surface area contributed by atoms with Crippen LogP contribution in [0.4, 0.5) is 32.3 Å². The molecule has 2 aliphatic rings. The molecule has 0 radical (unpaired) electrons. The maximum absolute atomic E-state index is 13.8. The molecule has 0 aromatic carbocycles. The van der Waals surface area contributed by atoms with Crippen molar-refractivity contribution in [3.63, 3.8) is 0 Å². The van der Waals surface area contributed by atoms with Crippen LogP contribution >= 0.6 is 0 Å². The Balaban J connectivity index is 1.59. The van der Waals surface area contributed by atoms with E-state index in [9.17, 15) is 8.78 Å². The molecule has 28 heavy (non-hydrogen) atoms. The van der Waals surface area contributed by atoms with Gasteiger partial charge in [0.25, 0.3) is 0 Å². The highest BCUT2D eigenvalue weighted by atomic mass is 19.1. The summed E-state index contributed by atoms with van der Waals surface area (Å²) in [6, 6.07) is 0. The Kier molecular flexibility index (Phi) is 5.63. The average Bonchev–Trinajstić information content (AvgIpc) is 2.74. The van der Waals surface area contributed by atoms with Crippen LogP contribution in [0.5, 0.6) is 0 Å². The number of nitrogens with one attached hydrogen (secondary N) is 2. The largest absolute Gasteiger partial charge is 0.341 e. The van der Waals surface area contributed by atoms with Crippen LogP contribution < -0.4 is 20.7 Å². The third kappa shape index (κ3) is 4.20. The van der Waals surface area contributed by atoms with Crippen LogP contribution in [-0.2, 0) is 0 Å². The van der Waals surface area contributed by atoms with E-state index in [4.69, 9.17) is 0 Å². The summed E-state index contributed by atoms with van der Waals surface area (Å²) >= 11 is 0. The number of hydrogen-bond donors (Lipinski definition) is 2. The minimum atomic E-state index is -0.797. The van der Waals surface area contributed by atoms with E-state index >= 15 is 0 Å². The molecule has 2 aliphatic heterocycles. The molecule has 0 spiro atoms. The predicted octanol–water partition coefficient (Wildman–Crippen LogP) is 2.96. The molecule has 2 aromatic heterocycles. The Bertz CT molecular complexity index is 750. The quantitative estimate of drug-likeness (QED) is 0.754. The number of nitrogens with zero attached hydrogens (tertiary/aromatic N) is 6. The first-order valence-electron chi connectivity index (χ1n) is 9.78. The van der Waals surface area contributed by atoms with Gasteiger partial charge in [0, 0.05) is 26.2 Å². The Labute approximate surface area is 162 Å². The van der Waals surface area contributed by atoms with Crippen molar-refractivity contribution in [1.29, 1.82) is 0 Å². The molecule has 0 amide bonds. The fraction of sp³-hybridized carbons (Fsp3) is 0.556. The number of rotatable bonds is 5. The van der Waals surface area contributed by atoms with Crippen LogP contribution in [0.3, 0.4) is 0 Å². The molecule has 2 saturated heterocycles. The fourth-order valence-corrected chi connectivity index (χ4v) is 3.53. The first kappa shape index (κ1) is 18.6. The summed E-state index contributed by atoms with van der Waals surface area (Å²) in [5.41, 5.74) is 4.93. The SMILES string of the molecule is Fc1cncc(F)c1NNc1nc(N2CCCCC2)nc(N2CCCCC2)n1. The third-order valence-corrected chi connectivity index (χ3v) is 5.04. The van der Waals surface area contributed by atoms with E-state index in [0.717, 1.165) is 64.3 Å². The number of anilines is 4. The van der Waals surface area contributed by atoms with Crippen LogP contribution in [0, 0.1) is 11.6 Å². The van der Waals surface area contributed by atoms with Crippen molar-refractivity contribution in [2.45, 2.75) is 38.5 Å². The summed E-state index contributed by atoms with van der Waals surface area (Å²) in [5, 5.41) is 0. The highest BCUT2D eigenvalue weighted by Gasteiger charge is 2.20. The van der Waals surface area contributed by atoms with E-state index in [1.54, 1.807) is 0 Å².